The molecule has 0 atom stereocenters. The predicted octanol–water partition coefficient (Wildman–Crippen LogP) is 1.54. The Morgan fingerprint density at radius 2 is 1.83 bits per heavy atom. The van der Waals surface area contributed by atoms with E-state index < -0.39 is 8.38 Å². The molecule has 0 radical (unpaired) electrons. The van der Waals surface area contributed by atoms with Crippen LogP contribution in [0.1, 0.15) is 13.8 Å². The molecule has 0 rings (SSSR count). The molecule has 0 aliphatic heterocycles. The molecule has 0 unspecified atom stereocenters. The average Bonchev–Trinajstić information content (AvgIpc) is 2.06. The summed E-state index contributed by atoms with van der Waals surface area (Å²) in [7, 11) is -0.954. The zero-order valence-corrected chi connectivity index (χ0v) is 8.38. The van der Waals surface area contributed by atoms with E-state index in [-0.39, 0.29) is 6.61 Å². The molecule has 0 aromatic rings. The van der Waals surface area contributed by atoms with E-state index in [1.54, 1.807) is 0 Å². The number of hydrogen-bond donors (Lipinski definition) is 0. The van der Waals surface area contributed by atoms with Gasteiger partial charge in [0, 0.05) is 0 Å². The monoisotopic (exact) mass is 194 g/mol. The molecular formula is C7H15O4P. The van der Waals surface area contributed by atoms with Gasteiger partial charge >= 0.3 is 0 Å². The number of hydrogen-bond acceptors (Lipinski definition) is 4. The van der Waals surface area contributed by atoms with Crippen LogP contribution in [0.5, 0.6) is 0 Å². The van der Waals surface area contributed by atoms with Crippen LogP contribution in [0.25, 0.3) is 0 Å². The van der Waals surface area contributed by atoms with E-state index in [0.717, 1.165) is 0 Å². The van der Waals surface area contributed by atoms with Crippen molar-refractivity contribution in [2.24, 2.45) is 0 Å². The maximum atomic E-state index is 9.90. The van der Waals surface area contributed by atoms with Crippen LogP contribution in [0, 0.1) is 0 Å². The lowest BCUT2D eigenvalue weighted by Crippen LogP contribution is -2.00. The fourth-order valence-corrected chi connectivity index (χ4v) is 1.63. The molecule has 0 bridgehead atoms. The Balaban J connectivity index is 3.40. The second kappa shape index (κ2) is 9.07. The van der Waals surface area contributed by atoms with Gasteiger partial charge in [0.15, 0.2) is 8.38 Å². The summed E-state index contributed by atoms with van der Waals surface area (Å²) in [6, 6.07) is 0. The topological polar surface area (TPSA) is 44.8 Å². The van der Waals surface area contributed by atoms with Gasteiger partial charge in [0.25, 0.3) is 0 Å². The highest BCUT2D eigenvalue weighted by Gasteiger charge is 2.07. The van der Waals surface area contributed by atoms with Crippen LogP contribution >= 0.6 is 8.38 Å². The average molecular weight is 194 g/mol. The highest BCUT2D eigenvalue weighted by Crippen LogP contribution is 2.37. The van der Waals surface area contributed by atoms with Gasteiger partial charge in [-0.05, 0) is 13.8 Å². The van der Waals surface area contributed by atoms with Gasteiger partial charge in [-0.1, -0.05) is 0 Å². The molecule has 0 saturated heterocycles. The first-order chi connectivity index (χ1) is 5.85. The second-order valence-electron chi connectivity index (χ2n) is 1.83. The van der Waals surface area contributed by atoms with Gasteiger partial charge in [-0.3, -0.25) is 0 Å². The molecular weight excluding hydrogens is 179 g/mol. The van der Waals surface area contributed by atoms with Crippen molar-refractivity contribution in [1.82, 2.24) is 0 Å². The summed E-state index contributed by atoms with van der Waals surface area (Å²) in [6.07, 6.45) is 1.08. The van der Waals surface area contributed by atoms with Crippen molar-refractivity contribution in [2.75, 3.05) is 26.2 Å². The van der Waals surface area contributed by atoms with Crippen molar-refractivity contribution in [1.29, 1.82) is 0 Å². The summed E-state index contributed by atoms with van der Waals surface area (Å²) >= 11 is 0. The molecule has 12 heavy (non-hydrogen) atoms. The zero-order chi connectivity index (χ0) is 9.23. The molecule has 4 nitrogen and oxygen atoms in total. The minimum atomic E-state index is -0.954. The van der Waals surface area contributed by atoms with Crippen molar-refractivity contribution < 1.29 is 18.6 Å². The number of rotatable bonds is 8. The molecule has 0 aromatic heterocycles. The molecule has 0 aliphatic carbocycles. The molecule has 0 fully saturated rings. The SMILES string of the molecule is CCOP(COCC=O)OCC. The highest BCUT2D eigenvalue weighted by atomic mass is 31.2. The minimum Gasteiger partial charge on any atom is -0.365 e. The molecule has 0 aliphatic rings. The second-order valence-corrected chi connectivity index (χ2v) is 3.27. The van der Waals surface area contributed by atoms with Crippen LogP contribution in [0.15, 0.2) is 0 Å². The number of carbonyl (C=O) groups excluding carboxylic acids is 1. The van der Waals surface area contributed by atoms with Crippen LogP contribution in [0.4, 0.5) is 0 Å². The fourth-order valence-electron chi connectivity index (χ4n) is 0.575. The lowest BCUT2D eigenvalue weighted by molar-refractivity contribution is -0.111. The van der Waals surface area contributed by atoms with Crippen molar-refractivity contribution in [3.63, 3.8) is 0 Å². The van der Waals surface area contributed by atoms with Crippen LogP contribution in [0.2, 0.25) is 0 Å². The number of carbonyl (C=O) groups is 1. The maximum Gasteiger partial charge on any atom is 0.198 e. The largest absolute Gasteiger partial charge is 0.365 e. The van der Waals surface area contributed by atoms with E-state index >= 15 is 0 Å². The standard InChI is InChI=1S/C7H15O4P/c1-3-10-12(11-4-2)7-9-6-5-8/h5H,3-4,6-7H2,1-2H3. The summed E-state index contributed by atoms with van der Waals surface area (Å²) in [5.41, 5.74) is 0. The summed E-state index contributed by atoms with van der Waals surface area (Å²) in [4.78, 5) is 9.90. The maximum absolute atomic E-state index is 9.90. The summed E-state index contributed by atoms with van der Waals surface area (Å²) in [5.74, 6) is 0. The molecule has 72 valence electrons. The van der Waals surface area contributed by atoms with Crippen LogP contribution in [0.3, 0.4) is 0 Å². The molecule has 5 heteroatoms. The fraction of sp³-hybridized carbons (Fsp3) is 0.857. The van der Waals surface area contributed by atoms with Gasteiger partial charge < -0.3 is 18.6 Å². The van der Waals surface area contributed by atoms with Crippen molar-refractivity contribution in [3.8, 4) is 0 Å². The van der Waals surface area contributed by atoms with Gasteiger partial charge in [-0.25, -0.2) is 0 Å². The quantitative estimate of drug-likeness (QED) is 0.334. The third-order valence-electron chi connectivity index (χ3n) is 0.929. The normalized spacial score (nSPS) is 10.6. The third-order valence-corrected chi connectivity index (χ3v) is 2.41. The van der Waals surface area contributed by atoms with E-state index in [1.165, 1.54) is 0 Å². The van der Waals surface area contributed by atoms with Gasteiger partial charge in [0.2, 0.25) is 0 Å². The molecule has 0 amide bonds. The van der Waals surface area contributed by atoms with Gasteiger partial charge in [0.05, 0.1) is 13.2 Å². The summed E-state index contributed by atoms with van der Waals surface area (Å²) in [5, 5.41) is 0. The summed E-state index contributed by atoms with van der Waals surface area (Å²) in [6.45, 7) is 5.12. The molecule has 0 saturated carbocycles. The van der Waals surface area contributed by atoms with Crippen LogP contribution < -0.4 is 0 Å². The lowest BCUT2D eigenvalue weighted by atomic mass is 10.8. The Labute approximate surface area is 74.1 Å². The Morgan fingerprint density at radius 1 is 1.25 bits per heavy atom. The van der Waals surface area contributed by atoms with E-state index in [4.69, 9.17) is 13.8 Å². The van der Waals surface area contributed by atoms with Gasteiger partial charge in [-0.15, -0.1) is 0 Å². The zero-order valence-electron chi connectivity index (χ0n) is 7.49. The molecule has 0 aromatic carbocycles. The van der Waals surface area contributed by atoms with E-state index in [9.17, 15) is 4.79 Å². The number of ether oxygens (including phenoxy) is 1. The smallest absolute Gasteiger partial charge is 0.198 e. The molecule has 0 heterocycles. The predicted molar refractivity (Wildman–Crippen MR) is 47.1 cm³/mol. The first-order valence-electron chi connectivity index (χ1n) is 3.89. The lowest BCUT2D eigenvalue weighted by Gasteiger charge is -2.14. The van der Waals surface area contributed by atoms with Crippen LogP contribution in [-0.4, -0.2) is 32.5 Å². The van der Waals surface area contributed by atoms with Gasteiger partial charge in [0.1, 0.15) is 19.2 Å². The van der Waals surface area contributed by atoms with Crippen molar-refractivity contribution >= 4 is 14.7 Å². The first-order valence-corrected chi connectivity index (χ1v) is 5.26. The Kier molecular flexibility index (Phi) is 9.06. The summed E-state index contributed by atoms with van der Waals surface area (Å²) < 4.78 is 15.4. The Morgan fingerprint density at radius 3 is 2.25 bits per heavy atom. The third kappa shape index (κ3) is 6.68. The first kappa shape index (κ1) is 12.0. The van der Waals surface area contributed by atoms with Crippen LogP contribution in [-0.2, 0) is 18.6 Å². The van der Waals surface area contributed by atoms with E-state index in [0.29, 0.717) is 25.8 Å². The number of aldehydes is 1. The molecule has 0 spiro atoms. The van der Waals surface area contributed by atoms with E-state index in [2.05, 4.69) is 0 Å². The van der Waals surface area contributed by atoms with E-state index in [1.807, 2.05) is 13.8 Å². The highest BCUT2D eigenvalue weighted by molar-refractivity contribution is 7.47. The minimum absolute atomic E-state index is 0.110. The van der Waals surface area contributed by atoms with Crippen molar-refractivity contribution in [3.05, 3.63) is 0 Å². The van der Waals surface area contributed by atoms with Gasteiger partial charge in [-0.2, -0.15) is 0 Å². The van der Waals surface area contributed by atoms with Crippen molar-refractivity contribution in [2.45, 2.75) is 13.8 Å². The molecule has 0 N–H and O–H groups in total. The Bertz CT molecular complexity index is 104. The Hall–Kier alpha value is -0.0200.